The molecule has 3 rings (SSSR count). The third-order valence-electron chi connectivity index (χ3n) is 3.46. The molecule has 2 aromatic carbocycles. The van der Waals surface area contributed by atoms with Crippen molar-refractivity contribution in [1.29, 1.82) is 0 Å². The van der Waals surface area contributed by atoms with Gasteiger partial charge in [-0.2, -0.15) is 0 Å². The summed E-state index contributed by atoms with van der Waals surface area (Å²) in [4.78, 5) is 22.3. The van der Waals surface area contributed by atoms with Crippen LogP contribution in [0.4, 0.5) is 0 Å². The van der Waals surface area contributed by atoms with E-state index in [2.05, 4.69) is 6.07 Å². The maximum absolute atomic E-state index is 11.7. The smallest absolute Gasteiger partial charge is 0.542 e. The predicted molar refractivity (Wildman–Crippen MR) is 82.5 cm³/mol. The van der Waals surface area contributed by atoms with Crippen molar-refractivity contribution in [2.45, 2.75) is 6.42 Å². The van der Waals surface area contributed by atoms with Gasteiger partial charge < -0.3 is 19.1 Å². The van der Waals surface area contributed by atoms with E-state index in [0.29, 0.717) is 6.42 Å². The minimum absolute atomic E-state index is 0. The maximum atomic E-state index is 11.7. The summed E-state index contributed by atoms with van der Waals surface area (Å²) in [6, 6.07) is 15.0. The summed E-state index contributed by atoms with van der Waals surface area (Å²) in [6.07, 6.45) is 1.61. The Hall–Kier alpha value is -2.08. The van der Waals surface area contributed by atoms with Crippen LogP contribution in [0.3, 0.4) is 0 Å². The van der Waals surface area contributed by atoms with Gasteiger partial charge in [0.15, 0.2) is 5.76 Å². The minimum atomic E-state index is -1.54. The molecule has 116 valence electrons. The van der Waals surface area contributed by atoms with Gasteiger partial charge in [0.05, 0.1) is 6.61 Å². The average Bonchev–Trinajstić information content (AvgIpc) is 2.56. The first-order chi connectivity index (χ1) is 11.1. The van der Waals surface area contributed by atoms with E-state index in [-0.39, 0.29) is 41.9 Å². The number of ether oxygens (including phenoxy) is 1. The Bertz CT molecular complexity index is 916. The Morgan fingerprint density at radius 1 is 1.08 bits per heavy atom. The summed E-state index contributed by atoms with van der Waals surface area (Å²) < 4.78 is 10.1. The molecule has 0 aliphatic heterocycles. The Morgan fingerprint density at radius 2 is 1.83 bits per heavy atom. The summed E-state index contributed by atoms with van der Waals surface area (Å²) in [7, 11) is 0. The van der Waals surface area contributed by atoms with E-state index >= 15 is 0 Å². The standard InChI is InChI=1S/C18H14O5.Na/c19-15-10-16(18(20)21)23-11-17(15)22-8-7-12-5-6-13-3-1-2-4-14(13)9-12;/h1-6,9-11H,7-8H2,(H,20,21);/q;+1/p-1. The molecule has 24 heavy (non-hydrogen) atoms. The molecule has 0 aliphatic rings. The van der Waals surface area contributed by atoms with Crippen LogP contribution in [0.2, 0.25) is 0 Å². The maximum Gasteiger partial charge on any atom is 1.00 e. The van der Waals surface area contributed by atoms with Gasteiger partial charge in [0.1, 0.15) is 12.2 Å². The number of hydrogen-bond acceptors (Lipinski definition) is 5. The van der Waals surface area contributed by atoms with E-state index in [1.54, 1.807) is 0 Å². The molecule has 0 unspecified atom stereocenters. The van der Waals surface area contributed by atoms with Gasteiger partial charge in [0.25, 0.3) is 0 Å². The van der Waals surface area contributed by atoms with E-state index in [1.807, 2.05) is 36.4 Å². The monoisotopic (exact) mass is 332 g/mol. The number of carboxylic acids is 1. The number of benzene rings is 2. The molecule has 3 aromatic rings. The van der Waals surface area contributed by atoms with E-state index in [4.69, 9.17) is 9.15 Å². The fraction of sp³-hybridized carbons (Fsp3) is 0.111. The van der Waals surface area contributed by atoms with Crippen LogP contribution < -0.4 is 44.8 Å². The van der Waals surface area contributed by atoms with Crippen molar-refractivity contribution in [2.75, 3.05) is 6.61 Å². The van der Waals surface area contributed by atoms with Gasteiger partial charge in [0, 0.05) is 12.5 Å². The summed E-state index contributed by atoms with van der Waals surface area (Å²) in [5.41, 5.74) is 0.536. The van der Waals surface area contributed by atoms with E-state index < -0.39 is 17.2 Å². The normalized spacial score (nSPS) is 10.2. The molecule has 0 amide bonds. The zero-order valence-electron chi connectivity index (χ0n) is 13.2. The van der Waals surface area contributed by atoms with Crippen LogP contribution >= 0.6 is 0 Å². The fourth-order valence-corrected chi connectivity index (χ4v) is 2.28. The Kier molecular flexibility index (Phi) is 6.20. The van der Waals surface area contributed by atoms with Crippen LogP contribution in [-0.4, -0.2) is 12.6 Å². The topological polar surface area (TPSA) is 79.6 Å². The molecule has 0 spiro atoms. The van der Waals surface area contributed by atoms with Gasteiger partial charge in [-0.05, 0) is 16.3 Å². The van der Waals surface area contributed by atoms with E-state index in [0.717, 1.165) is 28.7 Å². The Balaban J connectivity index is 0.00000208. The largest absolute Gasteiger partial charge is 1.00 e. The van der Waals surface area contributed by atoms with Crippen LogP contribution in [0, 0.1) is 0 Å². The van der Waals surface area contributed by atoms with Crippen molar-refractivity contribution in [3.63, 3.8) is 0 Å². The molecule has 0 bridgehead atoms. The van der Waals surface area contributed by atoms with Gasteiger partial charge >= 0.3 is 29.6 Å². The summed E-state index contributed by atoms with van der Waals surface area (Å²) in [6.45, 7) is 0.285. The molecule has 0 N–H and O–H groups in total. The fourth-order valence-electron chi connectivity index (χ4n) is 2.28. The van der Waals surface area contributed by atoms with Crippen molar-refractivity contribution < 1.29 is 48.6 Å². The van der Waals surface area contributed by atoms with Crippen LogP contribution in [0.25, 0.3) is 10.8 Å². The molecule has 0 radical (unpaired) electrons. The molecule has 6 heteroatoms. The van der Waals surface area contributed by atoms with Crippen molar-refractivity contribution in [1.82, 2.24) is 0 Å². The number of fused-ring (bicyclic) bond motifs is 1. The molecule has 0 saturated carbocycles. The zero-order chi connectivity index (χ0) is 16.2. The van der Waals surface area contributed by atoms with Gasteiger partial charge in [-0.25, -0.2) is 0 Å². The predicted octanol–water partition coefficient (Wildman–Crippen LogP) is -1.22. The van der Waals surface area contributed by atoms with Crippen LogP contribution in [0.5, 0.6) is 5.75 Å². The Morgan fingerprint density at radius 3 is 2.54 bits per heavy atom. The van der Waals surface area contributed by atoms with Gasteiger partial charge in [-0.15, -0.1) is 0 Å². The number of aromatic carboxylic acids is 1. The minimum Gasteiger partial charge on any atom is -0.542 e. The number of hydrogen-bond donors (Lipinski definition) is 0. The zero-order valence-corrected chi connectivity index (χ0v) is 15.2. The number of carbonyl (C=O) groups is 1. The summed E-state index contributed by atoms with van der Waals surface area (Å²) >= 11 is 0. The average molecular weight is 332 g/mol. The van der Waals surface area contributed by atoms with Gasteiger partial charge in [-0.1, -0.05) is 42.5 Å². The molecule has 1 heterocycles. The number of carbonyl (C=O) groups excluding carboxylic acids is 1. The Labute approximate surface area is 160 Å². The number of rotatable bonds is 5. The van der Waals surface area contributed by atoms with Crippen LogP contribution in [0.15, 0.2) is 64.0 Å². The molecule has 0 fully saturated rings. The second kappa shape index (κ2) is 8.15. The van der Waals surface area contributed by atoms with Gasteiger partial charge in [-0.3, -0.25) is 4.79 Å². The van der Waals surface area contributed by atoms with Crippen molar-refractivity contribution >= 4 is 16.7 Å². The second-order valence-corrected chi connectivity index (χ2v) is 5.04. The van der Waals surface area contributed by atoms with Crippen molar-refractivity contribution in [3.05, 3.63) is 76.3 Å². The summed E-state index contributed by atoms with van der Waals surface area (Å²) in [5.74, 6) is -2.07. The first-order valence-electron chi connectivity index (χ1n) is 7.08. The second-order valence-electron chi connectivity index (χ2n) is 5.04. The molecule has 0 saturated heterocycles. The molecule has 0 atom stereocenters. The molecular formula is C18H13NaO5. The SMILES string of the molecule is O=C([O-])c1cc(=O)c(OCCc2ccc3ccccc3c2)co1.[Na+]. The molecule has 1 aromatic heterocycles. The van der Waals surface area contributed by atoms with E-state index in [9.17, 15) is 14.7 Å². The quantitative estimate of drug-likeness (QED) is 0.548. The van der Waals surface area contributed by atoms with Crippen molar-refractivity contribution in [2.24, 2.45) is 0 Å². The van der Waals surface area contributed by atoms with E-state index in [1.165, 1.54) is 0 Å². The van der Waals surface area contributed by atoms with Crippen LogP contribution in [0.1, 0.15) is 16.1 Å². The first kappa shape index (κ1) is 18.3. The molecule has 0 aliphatic carbocycles. The first-order valence-corrected chi connectivity index (χ1v) is 7.08. The van der Waals surface area contributed by atoms with Gasteiger partial charge in [0.2, 0.25) is 11.2 Å². The molecule has 5 nitrogen and oxygen atoms in total. The molecular weight excluding hydrogens is 319 g/mol. The summed E-state index contributed by atoms with van der Waals surface area (Å²) in [5, 5.41) is 12.9. The third kappa shape index (κ3) is 4.26. The number of carboxylic acid groups (broad SMARTS) is 1. The van der Waals surface area contributed by atoms with Crippen molar-refractivity contribution in [3.8, 4) is 5.75 Å². The third-order valence-corrected chi connectivity index (χ3v) is 3.46. The van der Waals surface area contributed by atoms with Crippen LogP contribution in [-0.2, 0) is 6.42 Å².